The normalized spacial score (nSPS) is 9.71. The molecule has 0 aliphatic carbocycles. The predicted molar refractivity (Wildman–Crippen MR) is 75.8 cm³/mol. The minimum atomic E-state index is -1.00. The van der Waals surface area contributed by atoms with Crippen LogP contribution in [-0.2, 0) is 0 Å². The largest absolute Gasteiger partial charge is 0.508 e. The first kappa shape index (κ1) is 16.2. The maximum Gasteiger partial charge on any atom is 0.387 e. The number of benzene rings is 2. The topological polar surface area (TPSA) is 127 Å². The van der Waals surface area contributed by atoms with Gasteiger partial charge < -0.3 is 10.2 Å². The summed E-state index contributed by atoms with van der Waals surface area (Å²) in [4.78, 5) is 20.0. The van der Waals surface area contributed by atoms with Crippen LogP contribution in [0.3, 0.4) is 0 Å². The average molecular weight is 313 g/mol. The van der Waals surface area contributed by atoms with E-state index in [-0.39, 0.29) is 23.7 Å². The van der Waals surface area contributed by atoms with Gasteiger partial charge in [0.05, 0.1) is 15.4 Å². The van der Waals surface area contributed by atoms with Crippen molar-refractivity contribution in [3.8, 4) is 22.6 Å². The smallest absolute Gasteiger partial charge is 0.387 e. The van der Waals surface area contributed by atoms with Gasteiger partial charge in [-0.3, -0.25) is 20.2 Å². The van der Waals surface area contributed by atoms with Crippen LogP contribution in [0.15, 0.2) is 36.4 Å². The molecule has 0 saturated heterocycles. The van der Waals surface area contributed by atoms with Gasteiger partial charge >= 0.3 is 11.4 Å². The molecule has 0 fully saturated rings. The van der Waals surface area contributed by atoms with Crippen molar-refractivity contribution in [2.75, 3.05) is 0 Å². The summed E-state index contributed by atoms with van der Waals surface area (Å²) in [7, 11) is 0. The summed E-state index contributed by atoms with van der Waals surface area (Å²) in [5.41, 5.74) is -1.45. The van der Waals surface area contributed by atoms with Crippen molar-refractivity contribution >= 4 is 23.8 Å². The summed E-state index contributed by atoms with van der Waals surface area (Å²) < 4.78 is 0. The molecule has 0 heterocycles. The number of halogens is 1. The number of hydrogen-bond donors (Lipinski definition) is 2. The molecule has 110 valence electrons. The zero-order valence-electron chi connectivity index (χ0n) is 10.3. The number of nitrogens with zero attached hydrogens (tertiary/aromatic N) is 2. The molecule has 0 spiro atoms. The molecule has 0 radical (unpaired) electrons. The number of phenolic OH excluding ortho intramolecular Hbond substituents is 2. The van der Waals surface area contributed by atoms with E-state index in [1.54, 1.807) is 0 Å². The SMILES string of the molecule is Cl.O=[N+]([O-])c1c(O)ccc(-c2ccc(O)cc2)c1[N+](=O)[O-]. The minimum Gasteiger partial charge on any atom is -0.508 e. The van der Waals surface area contributed by atoms with Gasteiger partial charge in [0.1, 0.15) is 5.75 Å². The van der Waals surface area contributed by atoms with Crippen molar-refractivity contribution in [3.05, 3.63) is 56.6 Å². The van der Waals surface area contributed by atoms with Crippen LogP contribution in [0.4, 0.5) is 11.4 Å². The van der Waals surface area contributed by atoms with E-state index in [4.69, 9.17) is 0 Å². The summed E-state index contributed by atoms with van der Waals surface area (Å²) in [6.07, 6.45) is 0. The Morgan fingerprint density at radius 2 is 1.33 bits per heavy atom. The van der Waals surface area contributed by atoms with Gasteiger partial charge in [0, 0.05) is 0 Å². The van der Waals surface area contributed by atoms with Crippen molar-refractivity contribution < 1.29 is 20.1 Å². The quantitative estimate of drug-likeness (QED) is 0.662. The Morgan fingerprint density at radius 1 is 0.810 bits per heavy atom. The summed E-state index contributed by atoms with van der Waals surface area (Å²) in [6.45, 7) is 0. The molecule has 0 unspecified atom stereocenters. The van der Waals surface area contributed by atoms with Crippen molar-refractivity contribution in [3.63, 3.8) is 0 Å². The zero-order chi connectivity index (χ0) is 14.9. The Labute approximate surface area is 124 Å². The van der Waals surface area contributed by atoms with Crippen LogP contribution >= 0.6 is 12.4 Å². The van der Waals surface area contributed by atoms with Crippen LogP contribution in [0.5, 0.6) is 11.5 Å². The van der Waals surface area contributed by atoms with Crippen molar-refractivity contribution in [1.29, 1.82) is 0 Å². The van der Waals surface area contributed by atoms with Gasteiger partial charge in [0.25, 0.3) is 0 Å². The molecule has 2 aromatic rings. The molecule has 0 aliphatic heterocycles. The van der Waals surface area contributed by atoms with E-state index in [1.807, 2.05) is 0 Å². The second-order valence-corrected chi connectivity index (χ2v) is 3.89. The van der Waals surface area contributed by atoms with E-state index in [0.29, 0.717) is 5.56 Å². The molecule has 0 aromatic heterocycles. The molecule has 2 aromatic carbocycles. The molecule has 2 rings (SSSR count). The molecule has 0 bridgehead atoms. The molecular formula is C12H9ClN2O6. The third kappa shape index (κ3) is 3.00. The summed E-state index contributed by atoms with van der Waals surface area (Å²) >= 11 is 0. The zero-order valence-corrected chi connectivity index (χ0v) is 11.1. The molecule has 0 amide bonds. The van der Waals surface area contributed by atoms with Gasteiger partial charge in [-0.05, 0) is 29.8 Å². The Balaban J connectivity index is 0.00000220. The van der Waals surface area contributed by atoms with Gasteiger partial charge in [-0.25, -0.2) is 0 Å². The fourth-order valence-electron chi connectivity index (χ4n) is 1.81. The van der Waals surface area contributed by atoms with Crippen LogP contribution in [-0.4, -0.2) is 20.1 Å². The van der Waals surface area contributed by atoms with E-state index in [0.717, 1.165) is 6.07 Å². The first-order valence-corrected chi connectivity index (χ1v) is 5.36. The first-order chi connectivity index (χ1) is 9.41. The molecule has 2 N–H and O–H groups in total. The third-order valence-electron chi connectivity index (χ3n) is 2.67. The minimum absolute atomic E-state index is 0. The maximum absolute atomic E-state index is 11.1. The molecule has 0 atom stereocenters. The van der Waals surface area contributed by atoms with E-state index in [9.17, 15) is 30.4 Å². The highest BCUT2D eigenvalue weighted by atomic mass is 35.5. The Bertz CT molecular complexity index is 702. The lowest BCUT2D eigenvalue weighted by atomic mass is 10.0. The Hall–Kier alpha value is -2.87. The summed E-state index contributed by atoms with van der Waals surface area (Å²) in [5.74, 6) is -0.811. The Kier molecular flexibility index (Phi) is 4.67. The third-order valence-corrected chi connectivity index (χ3v) is 2.67. The predicted octanol–water partition coefficient (Wildman–Crippen LogP) is 3.00. The molecule has 9 heteroatoms. The van der Waals surface area contributed by atoms with Crippen molar-refractivity contribution in [2.45, 2.75) is 0 Å². The number of nitro groups is 2. The number of rotatable bonds is 3. The lowest BCUT2D eigenvalue weighted by Gasteiger charge is -2.05. The van der Waals surface area contributed by atoms with Gasteiger partial charge in [-0.2, -0.15) is 0 Å². The highest BCUT2D eigenvalue weighted by Gasteiger charge is 2.33. The first-order valence-electron chi connectivity index (χ1n) is 5.36. The molecule has 21 heavy (non-hydrogen) atoms. The van der Waals surface area contributed by atoms with Gasteiger partial charge in [0.15, 0.2) is 0 Å². The summed E-state index contributed by atoms with van der Waals surface area (Å²) in [6, 6.07) is 7.62. The number of aromatic hydroxyl groups is 2. The monoisotopic (exact) mass is 312 g/mol. The number of phenols is 2. The van der Waals surface area contributed by atoms with Crippen LogP contribution in [0, 0.1) is 20.2 Å². The molecule has 0 saturated carbocycles. The second kappa shape index (κ2) is 6.06. The Morgan fingerprint density at radius 3 is 1.81 bits per heavy atom. The maximum atomic E-state index is 11.1. The van der Waals surface area contributed by atoms with Gasteiger partial charge in [0.2, 0.25) is 5.75 Å². The van der Waals surface area contributed by atoms with Crippen LogP contribution < -0.4 is 0 Å². The molecule has 0 aliphatic rings. The second-order valence-electron chi connectivity index (χ2n) is 3.89. The lowest BCUT2D eigenvalue weighted by molar-refractivity contribution is -0.422. The van der Waals surface area contributed by atoms with Crippen LogP contribution in [0.1, 0.15) is 0 Å². The van der Waals surface area contributed by atoms with Crippen molar-refractivity contribution in [1.82, 2.24) is 0 Å². The summed E-state index contributed by atoms with van der Waals surface area (Å²) in [5, 5.41) is 40.6. The van der Waals surface area contributed by atoms with Crippen LogP contribution in [0.25, 0.3) is 11.1 Å². The van der Waals surface area contributed by atoms with E-state index in [2.05, 4.69) is 0 Å². The molecular weight excluding hydrogens is 304 g/mol. The average Bonchev–Trinajstić information content (AvgIpc) is 2.39. The number of nitro benzene ring substituents is 2. The lowest BCUT2D eigenvalue weighted by Crippen LogP contribution is -1.99. The van der Waals surface area contributed by atoms with Crippen molar-refractivity contribution in [2.24, 2.45) is 0 Å². The van der Waals surface area contributed by atoms with E-state index >= 15 is 0 Å². The highest BCUT2D eigenvalue weighted by molar-refractivity contribution is 5.85. The van der Waals surface area contributed by atoms with Crippen LogP contribution in [0.2, 0.25) is 0 Å². The number of hydrogen-bond acceptors (Lipinski definition) is 6. The van der Waals surface area contributed by atoms with Gasteiger partial charge in [-0.1, -0.05) is 12.1 Å². The highest BCUT2D eigenvalue weighted by Crippen LogP contribution is 2.43. The van der Waals surface area contributed by atoms with E-state index in [1.165, 1.54) is 30.3 Å². The standard InChI is InChI=1S/C12H8N2O6.ClH/c15-8-3-1-7(2-4-8)9-5-6-10(16)12(14(19)20)11(9)13(17)18;/h1-6,15-16H;1H. The van der Waals surface area contributed by atoms with Gasteiger partial charge in [-0.15, -0.1) is 12.4 Å². The van der Waals surface area contributed by atoms with E-state index < -0.39 is 27.0 Å². The molecule has 8 nitrogen and oxygen atoms in total. The fourth-order valence-corrected chi connectivity index (χ4v) is 1.81. The fraction of sp³-hybridized carbons (Fsp3) is 0.